The lowest BCUT2D eigenvalue weighted by molar-refractivity contribution is 0.221. The van der Waals surface area contributed by atoms with Gasteiger partial charge in [0.15, 0.2) is 0 Å². The first-order valence-electron chi connectivity index (χ1n) is 7.50. The van der Waals surface area contributed by atoms with Gasteiger partial charge >= 0.3 is 0 Å². The molecule has 0 aliphatic carbocycles. The first-order chi connectivity index (χ1) is 9.57. The smallest absolute Gasteiger partial charge is 0.138 e. The molecule has 0 aromatic heterocycles. The molecule has 3 heteroatoms. The van der Waals surface area contributed by atoms with Crippen LogP contribution in [0.15, 0.2) is 18.2 Å². The van der Waals surface area contributed by atoms with Gasteiger partial charge in [0.25, 0.3) is 0 Å². The van der Waals surface area contributed by atoms with Crippen LogP contribution in [0.2, 0.25) is 0 Å². The molecule has 1 N–H and O–H groups in total. The molecule has 0 bridgehead atoms. The number of nitrogens with one attached hydrogen (secondary N) is 1. The van der Waals surface area contributed by atoms with E-state index in [4.69, 9.17) is 4.74 Å². The maximum absolute atomic E-state index is 9.39. The summed E-state index contributed by atoms with van der Waals surface area (Å²) >= 11 is 0. The normalized spacial score (nSPS) is 14.6. The highest BCUT2D eigenvalue weighted by atomic mass is 16.5. The number of rotatable bonds is 5. The van der Waals surface area contributed by atoms with Crippen LogP contribution in [0.25, 0.3) is 0 Å². The lowest BCUT2D eigenvalue weighted by Gasteiger charge is -2.28. The van der Waals surface area contributed by atoms with Crippen molar-refractivity contribution in [2.75, 3.05) is 6.61 Å². The molecule has 0 saturated heterocycles. The molecule has 0 fully saturated rings. The van der Waals surface area contributed by atoms with E-state index in [2.05, 4.69) is 45.1 Å². The van der Waals surface area contributed by atoms with E-state index in [1.165, 1.54) is 11.1 Å². The zero-order valence-electron chi connectivity index (χ0n) is 14.4. The van der Waals surface area contributed by atoms with Crippen molar-refractivity contribution in [3.8, 4) is 11.8 Å². The molecule has 0 amide bonds. The molecule has 1 aromatic carbocycles. The summed E-state index contributed by atoms with van der Waals surface area (Å²) in [4.78, 5) is 0. The SMILES string of the molecule is Cc1ccc(OCC(C)(C#N)NC(C)C)c(C(C)(C)C)c1. The fraction of sp³-hybridized carbons (Fsp3) is 0.611. The average Bonchev–Trinajstić information content (AvgIpc) is 2.35. The Kier molecular flexibility index (Phi) is 5.42. The van der Waals surface area contributed by atoms with Gasteiger partial charge < -0.3 is 4.74 Å². The molecule has 0 spiro atoms. The van der Waals surface area contributed by atoms with Gasteiger partial charge in [-0.05, 0) is 44.7 Å². The van der Waals surface area contributed by atoms with E-state index >= 15 is 0 Å². The van der Waals surface area contributed by atoms with Gasteiger partial charge in [-0.2, -0.15) is 5.26 Å². The third-order valence-electron chi connectivity index (χ3n) is 3.31. The molecule has 1 aromatic rings. The number of nitriles is 1. The minimum absolute atomic E-state index is 0.00980. The molecule has 1 rings (SSSR count). The molecular weight excluding hydrogens is 260 g/mol. The number of hydrogen-bond acceptors (Lipinski definition) is 3. The molecule has 1 atom stereocenters. The van der Waals surface area contributed by atoms with Crippen LogP contribution in [0.5, 0.6) is 5.75 Å². The van der Waals surface area contributed by atoms with Crippen molar-refractivity contribution in [3.63, 3.8) is 0 Å². The van der Waals surface area contributed by atoms with Crippen LogP contribution in [0, 0.1) is 18.3 Å². The average molecular weight is 288 g/mol. The van der Waals surface area contributed by atoms with E-state index < -0.39 is 5.54 Å². The molecule has 0 radical (unpaired) electrons. The largest absolute Gasteiger partial charge is 0.490 e. The molecule has 3 nitrogen and oxygen atoms in total. The van der Waals surface area contributed by atoms with Crippen LogP contribution in [-0.2, 0) is 5.41 Å². The summed E-state index contributed by atoms with van der Waals surface area (Å²) in [6, 6.07) is 8.76. The third kappa shape index (κ3) is 5.06. The third-order valence-corrected chi connectivity index (χ3v) is 3.31. The summed E-state index contributed by atoms with van der Waals surface area (Å²) in [6.45, 7) is 14.9. The van der Waals surface area contributed by atoms with Gasteiger partial charge in [-0.25, -0.2) is 0 Å². The predicted octanol–water partition coefficient (Wildman–Crippen LogP) is 3.95. The van der Waals surface area contributed by atoms with Gasteiger partial charge in [0.1, 0.15) is 17.9 Å². The minimum Gasteiger partial charge on any atom is -0.490 e. The van der Waals surface area contributed by atoms with Crippen LogP contribution in [0.4, 0.5) is 0 Å². The summed E-state index contributed by atoms with van der Waals surface area (Å²) in [5, 5.41) is 12.7. The fourth-order valence-corrected chi connectivity index (χ4v) is 2.32. The van der Waals surface area contributed by atoms with Crippen molar-refractivity contribution < 1.29 is 4.74 Å². The van der Waals surface area contributed by atoms with Crippen LogP contribution in [-0.4, -0.2) is 18.2 Å². The number of aryl methyl sites for hydroxylation is 1. The summed E-state index contributed by atoms with van der Waals surface area (Å²) in [7, 11) is 0. The van der Waals surface area contributed by atoms with Crippen LogP contribution in [0.1, 0.15) is 52.7 Å². The second-order valence-electron chi connectivity index (χ2n) is 7.28. The number of nitrogens with zero attached hydrogens (tertiary/aromatic N) is 1. The Morgan fingerprint density at radius 2 is 1.86 bits per heavy atom. The van der Waals surface area contributed by atoms with Crippen LogP contribution in [0.3, 0.4) is 0 Å². The van der Waals surface area contributed by atoms with E-state index in [0.717, 1.165) is 5.75 Å². The standard InChI is InChI=1S/C18H28N2O/c1-13(2)20-18(7,11-19)12-21-16-9-8-14(3)10-15(16)17(4,5)6/h8-10,13,20H,12H2,1-7H3. The highest BCUT2D eigenvalue weighted by Crippen LogP contribution is 2.32. The van der Waals surface area contributed by atoms with Crippen molar-refractivity contribution in [1.82, 2.24) is 5.32 Å². The summed E-state index contributed by atoms with van der Waals surface area (Å²) in [5.41, 5.74) is 1.72. The Balaban J connectivity index is 2.97. The van der Waals surface area contributed by atoms with Gasteiger partial charge in [0.05, 0.1) is 6.07 Å². The quantitative estimate of drug-likeness (QED) is 0.892. The molecular formula is C18H28N2O. The molecule has 0 heterocycles. The molecule has 1 unspecified atom stereocenters. The van der Waals surface area contributed by atoms with E-state index in [0.29, 0.717) is 6.61 Å². The van der Waals surface area contributed by atoms with Crippen molar-refractivity contribution in [1.29, 1.82) is 5.26 Å². The van der Waals surface area contributed by atoms with E-state index in [9.17, 15) is 5.26 Å². The number of ether oxygens (including phenoxy) is 1. The second-order valence-corrected chi connectivity index (χ2v) is 7.28. The fourth-order valence-electron chi connectivity index (χ4n) is 2.32. The lowest BCUT2D eigenvalue weighted by atomic mass is 9.85. The summed E-state index contributed by atoms with van der Waals surface area (Å²) in [6.07, 6.45) is 0. The maximum atomic E-state index is 9.39. The summed E-state index contributed by atoms with van der Waals surface area (Å²) < 4.78 is 5.99. The van der Waals surface area contributed by atoms with E-state index in [1.54, 1.807) is 0 Å². The van der Waals surface area contributed by atoms with Gasteiger partial charge in [-0.1, -0.05) is 38.5 Å². The van der Waals surface area contributed by atoms with Gasteiger partial charge in [-0.15, -0.1) is 0 Å². The molecule has 21 heavy (non-hydrogen) atoms. The summed E-state index contributed by atoms with van der Waals surface area (Å²) in [5.74, 6) is 0.861. The zero-order chi connectivity index (χ0) is 16.3. The van der Waals surface area contributed by atoms with E-state index in [1.807, 2.05) is 32.9 Å². The highest BCUT2D eigenvalue weighted by molar-refractivity contribution is 5.41. The Labute approximate surface area is 129 Å². The van der Waals surface area contributed by atoms with Crippen LogP contribution >= 0.6 is 0 Å². The monoisotopic (exact) mass is 288 g/mol. The molecule has 0 aliphatic heterocycles. The Morgan fingerprint density at radius 3 is 2.33 bits per heavy atom. The van der Waals surface area contributed by atoms with Crippen molar-refractivity contribution in [2.45, 2.75) is 65.5 Å². The maximum Gasteiger partial charge on any atom is 0.138 e. The Hall–Kier alpha value is -1.53. The number of hydrogen-bond donors (Lipinski definition) is 1. The molecule has 0 saturated carbocycles. The van der Waals surface area contributed by atoms with Crippen molar-refractivity contribution in [2.24, 2.45) is 0 Å². The number of benzene rings is 1. The van der Waals surface area contributed by atoms with Crippen molar-refractivity contribution >= 4 is 0 Å². The van der Waals surface area contributed by atoms with Crippen molar-refractivity contribution in [3.05, 3.63) is 29.3 Å². The minimum atomic E-state index is -0.686. The molecule has 0 aliphatic rings. The Bertz CT molecular complexity index is 523. The zero-order valence-corrected chi connectivity index (χ0v) is 14.4. The first-order valence-corrected chi connectivity index (χ1v) is 7.50. The van der Waals surface area contributed by atoms with Gasteiger partial charge in [0, 0.05) is 6.04 Å². The second kappa shape index (κ2) is 6.49. The highest BCUT2D eigenvalue weighted by Gasteiger charge is 2.27. The predicted molar refractivity (Wildman–Crippen MR) is 87.7 cm³/mol. The van der Waals surface area contributed by atoms with Gasteiger partial charge in [0.2, 0.25) is 0 Å². The molecule has 116 valence electrons. The topological polar surface area (TPSA) is 45.0 Å². The Morgan fingerprint density at radius 1 is 1.24 bits per heavy atom. The van der Waals surface area contributed by atoms with Crippen LogP contribution < -0.4 is 10.1 Å². The lowest BCUT2D eigenvalue weighted by Crippen LogP contribution is -2.49. The van der Waals surface area contributed by atoms with E-state index in [-0.39, 0.29) is 11.5 Å². The van der Waals surface area contributed by atoms with Gasteiger partial charge in [-0.3, -0.25) is 5.32 Å². The first kappa shape index (κ1) is 17.5.